The Bertz CT molecular complexity index is 868. The summed E-state index contributed by atoms with van der Waals surface area (Å²) in [7, 11) is 0. The number of hydrogen-bond donors (Lipinski definition) is 0. The number of unbranched alkanes of at least 4 members (excludes halogenated alkanes) is 6. The van der Waals surface area contributed by atoms with Crippen LogP contribution in [0, 0.1) is 0 Å². The predicted octanol–water partition coefficient (Wildman–Crippen LogP) is 12.3. The molecule has 0 radical (unpaired) electrons. The fourth-order valence-corrected chi connectivity index (χ4v) is 49.3. The van der Waals surface area contributed by atoms with E-state index < -0.39 is 36.8 Å². The van der Waals surface area contributed by atoms with Crippen LogP contribution in [0.5, 0.6) is 0 Å². The molecular weight excluding hydrogens is 672 g/mol. The first-order chi connectivity index (χ1) is 18.5. The first-order valence-corrected chi connectivity index (χ1v) is 32.0. The van der Waals surface area contributed by atoms with E-state index in [4.69, 9.17) is 0 Å². The molecule has 0 bridgehead atoms. The Morgan fingerprint density at radius 1 is 0.605 bits per heavy atom. The van der Waals surface area contributed by atoms with Crippen LogP contribution in [0.1, 0.15) is 119 Å². The molecule has 3 heteroatoms. The number of para-hydroxylation sites is 1. The Morgan fingerprint density at radius 3 is 1.53 bits per heavy atom. The number of allylic oxidation sites excluding steroid dienone is 1. The first-order valence-electron chi connectivity index (χ1n) is 16.8. The van der Waals surface area contributed by atoms with Crippen molar-refractivity contribution in [2.24, 2.45) is 0 Å². The van der Waals surface area contributed by atoms with Gasteiger partial charge in [0.05, 0.1) is 0 Å². The van der Waals surface area contributed by atoms with Gasteiger partial charge in [-0.25, -0.2) is 0 Å². The molecule has 1 aromatic carbocycles. The second kappa shape index (κ2) is 19.3. The van der Waals surface area contributed by atoms with E-state index in [9.17, 15) is 0 Å². The van der Waals surface area contributed by atoms with Crippen molar-refractivity contribution in [2.45, 2.75) is 152 Å². The molecule has 0 unspecified atom stereocenters. The third-order valence-corrected chi connectivity index (χ3v) is 41.9. The number of rotatable bonds is 22. The summed E-state index contributed by atoms with van der Waals surface area (Å²) >= 11 is -5.00. The van der Waals surface area contributed by atoms with Crippen molar-refractivity contribution in [3.63, 3.8) is 0 Å². The third kappa shape index (κ3) is 10.5. The summed E-state index contributed by atoms with van der Waals surface area (Å²) in [6.45, 7) is 15.8. The van der Waals surface area contributed by atoms with E-state index in [-0.39, 0.29) is 0 Å². The molecule has 2 aromatic rings. The van der Waals surface area contributed by atoms with E-state index in [0.717, 1.165) is 0 Å². The fourth-order valence-electron chi connectivity index (χ4n) is 6.78. The van der Waals surface area contributed by atoms with Gasteiger partial charge in [0.2, 0.25) is 0 Å². The zero-order valence-corrected chi connectivity index (χ0v) is 32.1. The van der Waals surface area contributed by atoms with Crippen molar-refractivity contribution in [3.8, 4) is 0 Å². The maximum absolute atomic E-state index is 3.25. The van der Waals surface area contributed by atoms with Crippen LogP contribution in [0.4, 0.5) is 0 Å². The fraction of sp³-hybridized carbons (Fsp3) is 0.714. The average molecular weight is 735 g/mol. The summed E-state index contributed by atoms with van der Waals surface area (Å²) in [5, 5.41) is 1.42. The molecule has 1 aromatic heterocycles. The van der Waals surface area contributed by atoms with Crippen LogP contribution < -0.4 is 0 Å². The van der Waals surface area contributed by atoms with Crippen LogP contribution in [-0.4, -0.2) is 41.3 Å². The summed E-state index contributed by atoms with van der Waals surface area (Å²) in [4.78, 5) is 0. The van der Waals surface area contributed by atoms with E-state index in [0.29, 0.717) is 0 Å². The van der Waals surface area contributed by atoms with Crippen LogP contribution in [-0.2, 0) is 6.54 Å². The Labute approximate surface area is 246 Å². The molecule has 0 fully saturated rings. The average Bonchev–Trinajstić information content (AvgIpc) is 3.36. The molecule has 0 aliphatic heterocycles. The Hall–Kier alpha value is 0.0974. The monoisotopic (exact) mass is 737 g/mol. The van der Waals surface area contributed by atoms with Gasteiger partial charge in [-0.05, 0) is 0 Å². The van der Waals surface area contributed by atoms with Crippen molar-refractivity contribution in [1.82, 2.24) is 4.57 Å². The quantitative estimate of drug-likeness (QED) is 0.106. The van der Waals surface area contributed by atoms with Gasteiger partial charge in [0, 0.05) is 0 Å². The normalized spacial score (nSPS) is 13.1. The third-order valence-electron chi connectivity index (χ3n) is 9.29. The van der Waals surface area contributed by atoms with E-state index >= 15 is 0 Å². The first kappa shape index (κ1) is 34.3. The Balaban J connectivity index is 2.75. The zero-order chi connectivity index (χ0) is 27.7. The van der Waals surface area contributed by atoms with Crippen molar-refractivity contribution in [3.05, 3.63) is 44.2 Å². The molecule has 0 aliphatic rings. The molecule has 0 saturated heterocycles. The number of fused-ring (bicyclic) bond motifs is 1. The zero-order valence-electron chi connectivity index (χ0n) is 26.4. The van der Waals surface area contributed by atoms with Crippen LogP contribution in [0.3, 0.4) is 0 Å². The summed E-state index contributed by atoms with van der Waals surface area (Å²) < 4.78 is 17.7. The van der Waals surface area contributed by atoms with Crippen LogP contribution in [0.15, 0.2) is 44.2 Å². The van der Waals surface area contributed by atoms with Crippen LogP contribution in [0.2, 0.25) is 26.6 Å². The number of hydrogen-bond acceptors (Lipinski definition) is 0. The molecule has 0 atom stereocenters. The van der Waals surface area contributed by atoms with Crippen molar-refractivity contribution < 1.29 is 0 Å². The molecule has 1 heterocycles. The molecule has 2 rings (SSSR count). The van der Waals surface area contributed by atoms with Crippen LogP contribution in [0.25, 0.3) is 10.9 Å². The summed E-state index contributed by atoms with van der Waals surface area (Å²) in [5.41, 5.74) is 1.46. The maximum atomic E-state index is 3.25. The summed E-state index contributed by atoms with van der Waals surface area (Å²) in [6.07, 6.45) is 19.5. The van der Waals surface area contributed by atoms with Crippen molar-refractivity contribution in [2.75, 3.05) is 0 Å². The molecule has 0 amide bonds. The second-order valence-electron chi connectivity index (χ2n) is 12.4. The molecule has 0 N–H and O–H groups in total. The predicted molar refractivity (Wildman–Crippen MR) is 180 cm³/mol. The van der Waals surface area contributed by atoms with Gasteiger partial charge in [-0.1, -0.05) is 0 Å². The summed E-state index contributed by atoms with van der Waals surface area (Å²) in [5.74, 6) is 0. The van der Waals surface area contributed by atoms with Gasteiger partial charge >= 0.3 is 248 Å². The van der Waals surface area contributed by atoms with E-state index in [1.807, 2.05) is 0 Å². The number of nitrogens with zero attached hydrogens (tertiary/aromatic N) is 1. The second-order valence-corrected chi connectivity index (χ2v) is 38.7. The van der Waals surface area contributed by atoms with Crippen molar-refractivity contribution >= 4 is 47.7 Å². The molecule has 216 valence electrons. The van der Waals surface area contributed by atoms with Gasteiger partial charge < -0.3 is 0 Å². The van der Waals surface area contributed by atoms with Gasteiger partial charge in [-0.2, -0.15) is 0 Å². The minimum atomic E-state index is -2.57. The molecule has 0 aliphatic carbocycles. The molecular formula is C35H63NSn2. The molecule has 0 saturated carbocycles. The van der Waals surface area contributed by atoms with Gasteiger partial charge in [-0.3, -0.25) is 0 Å². The van der Waals surface area contributed by atoms with Crippen molar-refractivity contribution in [1.29, 1.82) is 0 Å². The van der Waals surface area contributed by atoms with E-state index in [1.165, 1.54) is 94.5 Å². The molecule has 1 nitrogen and oxygen atoms in total. The van der Waals surface area contributed by atoms with Gasteiger partial charge in [0.1, 0.15) is 0 Å². The standard InChI is InChI=1S/C11H9N.6C4H9.2Sn/c1-2-8-12-9-7-10-5-3-4-6-11(10)12;6*1-3-4-2;;/h1,3-7,9H,8H2;6*1,3-4H2,2H3;;. The number of aromatic nitrogens is 1. The molecule has 38 heavy (non-hydrogen) atoms. The SMILES string of the molecule is CCC[CH2][Sn](/[CH]=[C](/Cn1ccc2ccccc21)[Sn]([CH2]CCC)([CH2]CCC)[CH2]CCC)([CH2]CCC)[CH2]CCC. The Morgan fingerprint density at radius 2 is 1.05 bits per heavy atom. The summed E-state index contributed by atoms with van der Waals surface area (Å²) in [6, 6.07) is 11.5. The van der Waals surface area contributed by atoms with E-state index in [1.54, 1.807) is 26.6 Å². The number of benzene rings is 1. The van der Waals surface area contributed by atoms with Gasteiger partial charge in [0.15, 0.2) is 0 Å². The van der Waals surface area contributed by atoms with Gasteiger partial charge in [-0.15, -0.1) is 0 Å². The Kier molecular flexibility index (Phi) is 17.4. The topological polar surface area (TPSA) is 4.93 Å². The molecule has 0 spiro atoms. The van der Waals surface area contributed by atoms with Crippen LogP contribution >= 0.6 is 0 Å². The van der Waals surface area contributed by atoms with E-state index in [2.05, 4.69) is 90.3 Å². The minimum absolute atomic E-state index is 1.21. The van der Waals surface area contributed by atoms with Gasteiger partial charge in [0.25, 0.3) is 0 Å².